The molecule has 2 atom stereocenters. The normalized spacial score (nSPS) is 28.6. The van der Waals surface area contributed by atoms with Gasteiger partial charge in [0.05, 0.1) is 6.04 Å². The number of ether oxygens (including phenoxy) is 1. The molecule has 1 aromatic rings. The average Bonchev–Trinajstić information content (AvgIpc) is 3.44. The van der Waals surface area contributed by atoms with Crippen LogP contribution < -0.4 is 5.32 Å². The average molecular weight is 328 g/mol. The highest BCUT2D eigenvalue weighted by Crippen LogP contribution is 2.53. The van der Waals surface area contributed by atoms with Gasteiger partial charge in [-0.15, -0.1) is 0 Å². The van der Waals surface area contributed by atoms with Crippen molar-refractivity contribution >= 4 is 11.8 Å². The maximum atomic E-state index is 13.0. The highest BCUT2D eigenvalue weighted by atomic mass is 16.5. The summed E-state index contributed by atoms with van der Waals surface area (Å²) in [6, 6.07) is 7.51. The highest BCUT2D eigenvalue weighted by Gasteiger charge is 2.56. The molecule has 3 fully saturated rings. The minimum absolute atomic E-state index is 0.0107. The van der Waals surface area contributed by atoms with Crippen LogP contribution >= 0.6 is 0 Å². The van der Waals surface area contributed by atoms with Crippen LogP contribution in [0.5, 0.6) is 0 Å². The lowest BCUT2D eigenvalue weighted by molar-refractivity contribution is -0.162. The molecule has 24 heavy (non-hydrogen) atoms. The molecule has 2 amide bonds. The Morgan fingerprint density at radius 2 is 2.00 bits per heavy atom. The van der Waals surface area contributed by atoms with Gasteiger partial charge in [-0.3, -0.25) is 9.59 Å². The summed E-state index contributed by atoms with van der Waals surface area (Å²) < 4.78 is 5.72. The van der Waals surface area contributed by atoms with E-state index in [1.807, 2.05) is 31.2 Å². The van der Waals surface area contributed by atoms with Gasteiger partial charge in [0.25, 0.3) is 5.91 Å². The van der Waals surface area contributed by atoms with Crippen molar-refractivity contribution in [2.45, 2.75) is 50.3 Å². The second-order valence-electron chi connectivity index (χ2n) is 7.46. The molecule has 4 rings (SSSR count). The zero-order chi connectivity index (χ0) is 16.9. The molecule has 1 aromatic carbocycles. The standard InChI is InChI=1S/C19H24N2O3/c1-12-5-3-4-6-14(12)16-17(24-11-15(22)21(16)2)18(23)20-19(9-10-19)13-7-8-13/h3-6,13,16-17H,7-11H2,1-2H3,(H,20,23)/t16-,17+/m1/s1. The Kier molecular flexibility index (Phi) is 3.64. The van der Waals surface area contributed by atoms with Crippen molar-refractivity contribution in [3.63, 3.8) is 0 Å². The molecule has 5 heteroatoms. The summed E-state index contributed by atoms with van der Waals surface area (Å²) in [4.78, 5) is 26.8. The maximum Gasteiger partial charge on any atom is 0.252 e. The first kappa shape index (κ1) is 15.6. The van der Waals surface area contributed by atoms with E-state index >= 15 is 0 Å². The van der Waals surface area contributed by atoms with Crippen molar-refractivity contribution in [3.05, 3.63) is 35.4 Å². The molecule has 3 aliphatic rings. The van der Waals surface area contributed by atoms with Crippen molar-refractivity contribution in [1.29, 1.82) is 0 Å². The van der Waals surface area contributed by atoms with E-state index in [1.165, 1.54) is 12.8 Å². The van der Waals surface area contributed by atoms with E-state index in [2.05, 4.69) is 5.32 Å². The number of benzene rings is 1. The molecule has 0 bridgehead atoms. The van der Waals surface area contributed by atoms with Crippen LogP contribution in [0.25, 0.3) is 0 Å². The van der Waals surface area contributed by atoms with Gasteiger partial charge in [-0.2, -0.15) is 0 Å². The minimum atomic E-state index is -0.648. The topological polar surface area (TPSA) is 58.6 Å². The SMILES string of the molecule is Cc1ccccc1[C@@H]1[C@@H](C(=O)NC2(C3CC3)CC2)OCC(=O)N1C. The van der Waals surface area contributed by atoms with Crippen molar-refractivity contribution in [1.82, 2.24) is 10.2 Å². The molecule has 1 N–H and O–H groups in total. The number of nitrogens with zero attached hydrogens (tertiary/aromatic N) is 1. The smallest absolute Gasteiger partial charge is 0.252 e. The Morgan fingerprint density at radius 3 is 2.62 bits per heavy atom. The summed E-state index contributed by atoms with van der Waals surface area (Å²) >= 11 is 0. The quantitative estimate of drug-likeness (QED) is 0.919. The summed E-state index contributed by atoms with van der Waals surface area (Å²) in [6.45, 7) is 1.97. The van der Waals surface area contributed by atoms with E-state index in [1.54, 1.807) is 11.9 Å². The Labute approximate surface area is 142 Å². The number of hydrogen-bond acceptors (Lipinski definition) is 3. The van der Waals surface area contributed by atoms with E-state index in [0.717, 1.165) is 24.0 Å². The number of hydrogen-bond donors (Lipinski definition) is 1. The van der Waals surface area contributed by atoms with Crippen LogP contribution in [0.15, 0.2) is 24.3 Å². The second-order valence-corrected chi connectivity index (χ2v) is 7.46. The van der Waals surface area contributed by atoms with Crippen molar-refractivity contribution in [2.75, 3.05) is 13.7 Å². The fraction of sp³-hybridized carbons (Fsp3) is 0.579. The molecular formula is C19H24N2O3. The number of rotatable bonds is 4. The first-order valence-electron chi connectivity index (χ1n) is 8.77. The fourth-order valence-corrected chi connectivity index (χ4v) is 3.94. The van der Waals surface area contributed by atoms with Gasteiger partial charge in [-0.25, -0.2) is 0 Å². The Balaban J connectivity index is 1.60. The highest BCUT2D eigenvalue weighted by molar-refractivity contribution is 5.87. The lowest BCUT2D eigenvalue weighted by atomic mass is 9.93. The molecule has 128 valence electrons. The van der Waals surface area contributed by atoms with Gasteiger partial charge in [-0.1, -0.05) is 24.3 Å². The van der Waals surface area contributed by atoms with Crippen LogP contribution in [0, 0.1) is 12.8 Å². The van der Waals surface area contributed by atoms with Gasteiger partial charge >= 0.3 is 0 Å². The van der Waals surface area contributed by atoms with Crippen molar-refractivity contribution in [2.24, 2.45) is 5.92 Å². The number of likely N-dealkylation sites (N-methyl/N-ethyl adjacent to an activating group) is 1. The Morgan fingerprint density at radius 1 is 1.29 bits per heavy atom. The molecule has 0 radical (unpaired) electrons. The van der Waals surface area contributed by atoms with Crippen LogP contribution in [0.4, 0.5) is 0 Å². The maximum absolute atomic E-state index is 13.0. The summed E-state index contributed by atoms with van der Waals surface area (Å²) in [5.74, 6) is 0.476. The first-order chi connectivity index (χ1) is 11.5. The second kappa shape index (κ2) is 5.59. The minimum Gasteiger partial charge on any atom is -0.356 e. The molecule has 5 nitrogen and oxygen atoms in total. The summed E-state index contributed by atoms with van der Waals surface area (Å²) in [6.07, 6.45) is 3.92. The van der Waals surface area contributed by atoms with Crippen LogP contribution in [0.1, 0.15) is 42.9 Å². The molecular weight excluding hydrogens is 304 g/mol. The third-order valence-electron chi connectivity index (χ3n) is 5.77. The van der Waals surface area contributed by atoms with Crippen molar-refractivity contribution < 1.29 is 14.3 Å². The third kappa shape index (κ3) is 2.61. The van der Waals surface area contributed by atoms with Crippen LogP contribution in [-0.2, 0) is 14.3 Å². The van der Waals surface area contributed by atoms with E-state index in [9.17, 15) is 9.59 Å². The van der Waals surface area contributed by atoms with Gasteiger partial charge in [0.1, 0.15) is 6.61 Å². The largest absolute Gasteiger partial charge is 0.356 e. The molecule has 1 heterocycles. The number of amides is 2. The summed E-state index contributed by atoms with van der Waals surface area (Å²) in [7, 11) is 1.76. The molecule has 0 spiro atoms. The van der Waals surface area contributed by atoms with Crippen LogP contribution in [-0.4, -0.2) is 42.0 Å². The number of carbonyl (C=O) groups is 2. The predicted octanol–water partition coefficient (Wildman–Crippen LogP) is 1.95. The molecule has 0 unspecified atom stereocenters. The first-order valence-corrected chi connectivity index (χ1v) is 8.77. The van der Waals surface area contributed by atoms with Crippen LogP contribution in [0.2, 0.25) is 0 Å². The molecule has 1 saturated heterocycles. The van der Waals surface area contributed by atoms with Crippen molar-refractivity contribution in [3.8, 4) is 0 Å². The molecule has 1 aliphatic heterocycles. The van der Waals surface area contributed by atoms with Gasteiger partial charge in [0.15, 0.2) is 6.10 Å². The third-order valence-corrected chi connectivity index (χ3v) is 5.77. The van der Waals surface area contributed by atoms with E-state index in [0.29, 0.717) is 5.92 Å². The van der Waals surface area contributed by atoms with E-state index < -0.39 is 6.10 Å². The lowest BCUT2D eigenvalue weighted by Gasteiger charge is -2.39. The Hall–Kier alpha value is -1.88. The Bertz CT molecular complexity index is 679. The predicted molar refractivity (Wildman–Crippen MR) is 89.3 cm³/mol. The van der Waals surface area contributed by atoms with Gasteiger partial charge < -0.3 is 15.0 Å². The zero-order valence-electron chi connectivity index (χ0n) is 14.2. The zero-order valence-corrected chi connectivity index (χ0v) is 14.2. The van der Waals surface area contributed by atoms with Crippen LogP contribution in [0.3, 0.4) is 0 Å². The summed E-state index contributed by atoms with van der Waals surface area (Å²) in [5.41, 5.74) is 2.05. The molecule has 2 aliphatic carbocycles. The van der Waals surface area contributed by atoms with E-state index in [-0.39, 0.29) is 30.0 Å². The summed E-state index contributed by atoms with van der Waals surface area (Å²) in [5, 5.41) is 3.25. The number of morpholine rings is 1. The van der Waals surface area contributed by atoms with Gasteiger partial charge in [0.2, 0.25) is 5.91 Å². The number of aryl methyl sites for hydroxylation is 1. The van der Waals surface area contributed by atoms with Gasteiger partial charge in [0, 0.05) is 12.6 Å². The lowest BCUT2D eigenvalue weighted by Crippen LogP contribution is -2.55. The molecule has 2 saturated carbocycles. The number of carbonyl (C=O) groups excluding carboxylic acids is 2. The number of nitrogens with one attached hydrogen (secondary N) is 1. The fourth-order valence-electron chi connectivity index (χ4n) is 3.94. The monoisotopic (exact) mass is 328 g/mol. The van der Waals surface area contributed by atoms with E-state index in [4.69, 9.17) is 4.74 Å². The molecule has 0 aromatic heterocycles. The van der Waals surface area contributed by atoms with Gasteiger partial charge in [-0.05, 0) is 49.7 Å².